The first kappa shape index (κ1) is 12.7. The summed E-state index contributed by atoms with van der Waals surface area (Å²) >= 11 is 15.1. The third-order valence-electron chi connectivity index (χ3n) is 2.22. The van der Waals surface area contributed by atoms with Crippen molar-refractivity contribution >= 4 is 39.1 Å². The Morgan fingerprint density at radius 1 is 0.941 bits per heavy atom. The lowest BCUT2D eigenvalue weighted by Crippen LogP contribution is -1.96. The number of halogens is 3. The Labute approximate surface area is 118 Å². The van der Waals surface area contributed by atoms with Crippen LogP contribution in [0, 0.1) is 0 Å². The van der Waals surface area contributed by atoms with Crippen LogP contribution < -0.4 is 4.74 Å². The van der Waals surface area contributed by atoms with E-state index in [9.17, 15) is 0 Å². The number of ether oxygens (including phenoxy) is 1. The van der Waals surface area contributed by atoms with Gasteiger partial charge >= 0.3 is 0 Å². The minimum absolute atomic E-state index is 0.486. The van der Waals surface area contributed by atoms with Crippen molar-refractivity contribution in [1.82, 2.24) is 0 Å². The van der Waals surface area contributed by atoms with Crippen molar-refractivity contribution in [3.8, 4) is 5.75 Å². The molecule has 0 aliphatic carbocycles. The Hall–Kier alpha value is -0.700. The minimum atomic E-state index is 0.486. The number of benzene rings is 2. The van der Waals surface area contributed by atoms with Crippen LogP contribution in [0.25, 0.3) is 0 Å². The van der Waals surface area contributed by atoms with E-state index in [1.165, 1.54) is 0 Å². The van der Waals surface area contributed by atoms with Gasteiger partial charge in [0.15, 0.2) is 0 Å². The zero-order valence-corrected chi connectivity index (χ0v) is 11.9. The molecule has 1 nitrogen and oxygen atoms in total. The highest BCUT2D eigenvalue weighted by Gasteiger charge is 2.02. The molecule has 0 saturated heterocycles. The summed E-state index contributed by atoms with van der Waals surface area (Å²) in [6.45, 7) is 0.486. The molecule has 2 rings (SSSR count). The summed E-state index contributed by atoms with van der Waals surface area (Å²) in [6, 6.07) is 12.9. The van der Waals surface area contributed by atoms with Crippen LogP contribution in [-0.2, 0) is 6.61 Å². The molecule has 0 amide bonds. The SMILES string of the molecule is Clc1ccc(OCc2ccc(Cl)cc2Br)cc1. The van der Waals surface area contributed by atoms with Gasteiger partial charge in [-0.25, -0.2) is 0 Å². The van der Waals surface area contributed by atoms with E-state index in [2.05, 4.69) is 15.9 Å². The summed E-state index contributed by atoms with van der Waals surface area (Å²) in [6.07, 6.45) is 0. The molecule has 0 heterocycles. The highest BCUT2D eigenvalue weighted by molar-refractivity contribution is 9.10. The fraction of sp³-hybridized carbons (Fsp3) is 0.0769. The Balaban J connectivity index is 2.04. The third kappa shape index (κ3) is 3.63. The molecule has 0 radical (unpaired) electrons. The second kappa shape index (κ2) is 5.76. The molecule has 0 spiro atoms. The van der Waals surface area contributed by atoms with Crippen LogP contribution in [0.4, 0.5) is 0 Å². The summed E-state index contributed by atoms with van der Waals surface area (Å²) in [5.74, 6) is 0.788. The zero-order chi connectivity index (χ0) is 12.3. The fourth-order valence-electron chi connectivity index (χ4n) is 1.33. The van der Waals surface area contributed by atoms with Crippen molar-refractivity contribution in [3.63, 3.8) is 0 Å². The maximum absolute atomic E-state index is 5.87. The van der Waals surface area contributed by atoms with Gasteiger partial charge in [0, 0.05) is 20.1 Å². The Morgan fingerprint density at radius 2 is 1.59 bits per heavy atom. The molecule has 0 saturated carbocycles. The van der Waals surface area contributed by atoms with Crippen molar-refractivity contribution in [2.75, 3.05) is 0 Å². The van der Waals surface area contributed by atoms with E-state index < -0.39 is 0 Å². The highest BCUT2D eigenvalue weighted by atomic mass is 79.9. The molecule has 0 N–H and O–H groups in total. The first-order valence-corrected chi connectivity index (χ1v) is 6.52. The lowest BCUT2D eigenvalue weighted by atomic mass is 10.2. The van der Waals surface area contributed by atoms with Gasteiger partial charge in [-0.15, -0.1) is 0 Å². The molecule has 17 heavy (non-hydrogen) atoms. The summed E-state index contributed by atoms with van der Waals surface area (Å²) in [4.78, 5) is 0. The summed E-state index contributed by atoms with van der Waals surface area (Å²) in [5.41, 5.74) is 1.05. The van der Waals surface area contributed by atoms with Crippen molar-refractivity contribution in [3.05, 3.63) is 62.5 Å². The van der Waals surface area contributed by atoms with Crippen molar-refractivity contribution in [2.45, 2.75) is 6.61 Å². The maximum atomic E-state index is 5.87. The molecule has 2 aromatic rings. The average molecular weight is 332 g/mol. The lowest BCUT2D eigenvalue weighted by Gasteiger charge is -2.08. The molecular formula is C13H9BrCl2O. The quantitative estimate of drug-likeness (QED) is 0.738. The van der Waals surface area contributed by atoms with Gasteiger partial charge in [-0.05, 0) is 36.4 Å². The summed E-state index contributed by atoms with van der Waals surface area (Å²) < 4.78 is 6.58. The van der Waals surface area contributed by atoms with E-state index in [4.69, 9.17) is 27.9 Å². The molecule has 0 aliphatic heterocycles. The van der Waals surface area contributed by atoms with E-state index in [0.717, 1.165) is 15.8 Å². The van der Waals surface area contributed by atoms with Crippen LogP contribution in [0.2, 0.25) is 10.0 Å². The summed E-state index contributed by atoms with van der Waals surface area (Å²) in [7, 11) is 0. The second-order valence-corrected chi connectivity index (χ2v) is 5.21. The third-order valence-corrected chi connectivity index (χ3v) is 3.45. The molecule has 0 atom stereocenters. The zero-order valence-electron chi connectivity index (χ0n) is 8.79. The van der Waals surface area contributed by atoms with Crippen LogP contribution >= 0.6 is 39.1 Å². The largest absolute Gasteiger partial charge is 0.489 e. The topological polar surface area (TPSA) is 9.23 Å². The molecule has 0 fully saturated rings. The van der Waals surface area contributed by atoms with E-state index in [0.29, 0.717) is 16.7 Å². The second-order valence-electron chi connectivity index (χ2n) is 3.48. The first-order chi connectivity index (χ1) is 8.15. The molecule has 0 aromatic heterocycles. The van der Waals surface area contributed by atoms with Gasteiger partial charge in [-0.3, -0.25) is 0 Å². The Bertz CT molecular complexity index is 511. The number of rotatable bonds is 3. The maximum Gasteiger partial charge on any atom is 0.119 e. The molecule has 4 heteroatoms. The highest BCUT2D eigenvalue weighted by Crippen LogP contribution is 2.23. The van der Waals surface area contributed by atoms with Gasteiger partial charge in [0.2, 0.25) is 0 Å². The molecule has 2 aromatic carbocycles. The van der Waals surface area contributed by atoms with Crippen LogP contribution in [0.5, 0.6) is 5.75 Å². The van der Waals surface area contributed by atoms with Gasteiger partial charge in [-0.2, -0.15) is 0 Å². The minimum Gasteiger partial charge on any atom is -0.489 e. The predicted octanol–water partition coefficient (Wildman–Crippen LogP) is 5.33. The van der Waals surface area contributed by atoms with E-state index in [1.807, 2.05) is 30.3 Å². The Morgan fingerprint density at radius 3 is 2.24 bits per heavy atom. The molecule has 88 valence electrons. The van der Waals surface area contributed by atoms with E-state index in [1.54, 1.807) is 12.1 Å². The van der Waals surface area contributed by atoms with Crippen LogP contribution in [0.1, 0.15) is 5.56 Å². The predicted molar refractivity (Wildman–Crippen MR) is 74.9 cm³/mol. The molecule has 0 unspecified atom stereocenters. The van der Waals surface area contributed by atoms with Gasteiger partial charge in [0.25, 0.3) is 0 Å². The standard InChI is InChI=1S/C13H9BrCl2O/c14-13-7-11(16)2-1-9(13)8-17-12-5-3-10(15)4-6-12/h1-7H,8H2. The average Bonchev–Trinajstić information content (AvgIpc) is 2.30. The molecular weight excluding hydrogens is 323 g/mol. The molecule has 0 bridgehead atoms. The van der Waals surface area contributed by atoms with Crippen LogP contribution in [0.15, 0.2) is 46.9 Å². The van der Waals surface area contributed by atoms with Crippen LogP contribution in [-0.4, -0.2) is 0 Å². The van der Waals surface area contributed by atoms with Gasteiger partial charge in [0.1, 0.15) is 12.4 Å². The van der Waals surface area contributed by atoms with E-state index >= 15 is 0 Å². The molecule has 0 aliphatic rings. The Kier molecular flexibility index (Phi) is 4.32. The summed E-state index contributed by atoms with van der Waals surface area (Å²) in [5, 5.41) is 1.40. The van der Waals surface area contributed by atoms with Crippen molar-refractivity contribution in [1.29, 1.82) is 0 Å². The number of hydrogen-bond acceptors (Lipinski definition) is 1. The number of hydrogen-bond donors (Lipinski definition) is 0. The van der Waals surface area contributed by atoms with Gasteiger partial charge in [0.05, 0.1) is 0 Å². The monoisotopic (exact) mass is 330 g/mol. The van der Waals surface area contributed by atoms with E-state index in [-0.39, 0.29) is 0 Å². The van der Waals surface area contributed by atoms with Crippen molar-refractivity contribution < 1.29 is 4.74 Å². The smallest absolute Gasteiger partial charge is 0.119 e. The lowest BCUT2D eigenvalue weighted by molar-refractivity contribution is 0.305. The van der Waals surface area contributed by atoms with Crippen molar-refractivity contribution in [2.24, 2.45) is 0 Å². The van der Waals surface area contributed by atoms with Crippen LogP contribution in [0.3, 0.4) is 0 Å². The normalized spacial score (nSPS) is 10.3. The van der Waals surface area contributed by atoms with Gasteiger partial charge in [-0.1, -0.05) is 45.2 Å². The first-order valence-electron chi connectivity index (χ1n) is 4.97. The van der Waals surface area contributed by atoms with Gasteiger partial charge < -0.3 is 4.74 Å². The fourth-order valence-corrected chi connectivity index (χ4v) is 2.25.